The van der Waals surface area contributed by atoms with Gasteiger partial charge < -0.3 is 29.0 Å². The summed E-state index contributed by atoms with van der Waals surface area (Å²) >= 11 is 0. The molecule has 1 unspecified atom stereocenters. The lowest BCUT2D eigenvalue weighted by molar-refractivity contribution is -0.155. The minimum absolute atomic E-state index is 0.269. The molecule has 12 heteroatoms. The molecule has 1 saturated heterocycles. The van der Waals surface area contributed by atoms with E-state index in [9.17, 15) is 14.4 Å². The molecule has 3 N–H and O–H groups in total. The maximum Gasteiger partial charge on any atom is 0.325 e. The zero-order valence-corrected chi connectivity index (χ0v) is 25.8. The minimum Gasteiger partial charge on any atom is -0.497 e. The molecule has 0 aromatic heterocycles. The van der Waals surface area contributed by atoms with Gasteiger partial charge >= 0.3 is 12.0 Å². The smallest absolute Gasteiger partial charge is 0.325 e. The average Bonchev–Trinajstić information content (AvgIpc) is 3.35. The van der Waals surface area contributed by atoms with Crippen LogP contribution in [0.4, 0.5) is 9.18 Å². The standard InChI is InChI=1S/C34H36FN3O8/c1-21(39)33(36)18-19-38(32(41)37-33)31-29(35)30(45-22(2)40)28(46-31)20-44-34(23-8-6-5-7-9-23,24-10-14-26(42-3)15-11-24)25-12-16-27(43-4)17-13-25/h5-19,28-31H,20,36H2,1-4H3,(H,37,41)/t28-,29-,30-,31-,33?/m1/s1. The number of carbonyl (C=O) groups excluding carboxylic acids is 3. The fraction of sp³-hybridized carbons (Fsp3) is 0.324. The molecule has 0 bridgehead atoms. The maximum atomic E-state index is 16.1. The molecule has 0 aliphatic carbocycles. The van der Waals surface area contributed by atoms with Crippen LogP contribution in [0.1, 0.15) is 30.5 Å². The van der Waals surface area contributed by atoms with Crippen LogP contribution in [-0.2, 0) is 29.4 Å². The first-order valence-corrected chi connectivity index (χ1v) is 14.6. The third-order valence-corrected chi connectivity index (χ3v) is 8.11. The van der Waals surface area contributed by atoms with Crippen molar-refractivity contribution >= 4 is 17.8 Å². The van der Waals surface area contributed by atoms with E-state index in [2.05, 4.69) is 5.32 Å². The van der Waals surface area contributed by atoms with Gasteiger partial charge in [-0.2, -0.15) is 0 Å². The van der Waals surface area contributed by atoms with E-state index < -0.39 is 53.7 Å². The number of urea groups is 1. The van der Waals surface area contributed by atoms with Crippen LogP contribution >= 0.6 is 0 Å². The van der Waals surface area contributed by atoms with Crippen molar-refractivity contribution in [2.24, 2.45) is 5.73 Å². The van der Waals surface area contributed by atoms with Crippen LogP contribution in [0.5, 0.6) is 11.5 Å². The Morgan fingerprint density at radius 2 is 1.48 bits per heavy atom. The number of hydrogen-bond acceptors (Lipinski definition) is 9. The minimum atomic E-state index is -1.97. The lowest BCUT2D eigenvalue weighted by atomic mass is 9.80. The van der Waals surface area contributed by atoms with Crippen LogP contribution in [0.25, 0.3) is 0 Å². The van der Waals surface area contributed by atoms with Crippen LogP contribution in [0.2, 0.25) is 0 Å². The number of nitrogens with two attached hydrogens (primary N) is 1. The molecule has 2 aliphatic rings. The zero-order valence-electron chi connectivity index (χ0n) is 25.8. The number of nitrogens with one attached hydrogen (secondary N) is 1. The van der Waals surface area contributed by atoms with E-state index in [1.54, 1.807) is 38.5 Å². The van der Waals surface area contributed by atoms with Crippen LogP contribution < -0.4 is 20.5 Å². The Morgan fingerprint density at radius 3 is 1.96 bits per heavy atom. The van der Waals surface area contributed by atoms with Gasteiger partial charge in [-0.3, -0.25) is 20.2 Å². The number of Topliss-reactive ketones (excluding diaryl/α,β-unsaturated/α-hetero) is 1. The third-order valence-electron chi connectivity index (χ3n) is 8.11. The van der Waals surface area contributed by atoms with E-state index in [1.165, 1.54) is 19.2 Å². The summed E-state index contributed by atoms with van der Waals surface area (Å²) in [7, 11) is 3.14. The average molecular weight is 634 g/mol. The van der Waals surface area contributed by atoms with E-state index >= 15 is 4.39 Å². The molecule has 5 rings (SSSR count). The summed E-state index contributed by atoms with van der Waals surface area (Å²) in [6.07, 6.45) is -3.63. The highest BCUT2D eigenvalue weighted by Crippen LogP contribution is 2.43. The number of rotatable bonds is 11. The number of ether oxygens (including phenoxy) is 5. The monoisotopic (exact) mass is 633 g/mol. The van der Waals surface area contributed by atoms with Crippen LogP contribution in [0.15, 0.2) is 91.1 Å². The molecular formula is C34H36FN3O8. The number of ketones is 1. The summed E-state index contributed by atoms with van der Waals surface area (Å²) < 4.78 is 45.2. The molecule has 11 nitrogen and oxygen atoms in total. The van der Waals surface area contributed by atoms with Gasteiger partial charge in [-0.1, -0.05) is 54.6 Å². The highest BCUT2D eigenvalue weighted by Gasteiger charge is 2.53. The van der Waals surface area contributed by atoms with Crippen LogP contribution in [0.3, 0.4) is 0 Å². The zero-order chi connectivity index (χ0) is 33.1. The highest BCUT2D eigenvalue weighted by atomic mass is 19.1. The summed E-state index contributed by atoms with van der Waals surface area (Å²) in [6.45, 7) is 2.11. The molecular weight excluding hydrogens is 597 g/mol. The second-order valence-corrected chi connectivity index (χ2v) is 11.0. The predicted molar refractivity (Wildman–Crippen MR) is 164 cm³/mol. The fourth-order valence-electron chi connectivity index (χ4n) is 5.62. The highest BCUT2D eigenvalue weighted by molar-refractivity contribution is 5.93. The summed E-state index contributed by atoms with van der Waals surface area (Å²) in [5.74, 6) is 0.0190. The third kappa shape index (κ3) is 6.19. The lowest BCUT2D eigenvalue weighted by Gasteiger charge is -2.37. The van der Waals surface area contributed by atoms with Crippen molar-refractivity contribution in [1.29, 1.82) is 0 Å². The Kier molecular flexibility index (Phi) is 9.42. The molecule has 1 fully saturated rings. The molecule has 46 heavy (non-hydrogen) atoms. The number of methoxy groups -OCH3 is 2. The van der Waals surface area contributed by atoms with Gasteiger partial charge in [-0.15, -0.1) is 0 Å². The van der Waals surface area contributed by atoms with Crippen LogP contribution in [0, 0.1) is 0 Å². The number of halogens is 1. The normalized spacial score (nSPS) is 24.3. The summed E-state index contributed by atoms with van der Waals surface area (Å²) in [6, 6.07) is 23.3. The van der Waals surface area contributed by atoms with Gasteiger partial charge in [-0.05, 0) is 54.0 Å². The van der Waals surface area contributed by atoms with E-state index in [1.807, 2.05) is 54.6 Å². The fourth-order valence-corrected chi connectivity index (χ4v) is 5.62. The molecule has 5 atom stereocenters. The first-order chi connectivity index (χ1) is 22.0. The van der Waals surface area contributed by atoms with E-state index in [0.29, 0.717) is 11.5 Å². The van der Waals surface area contributed by atoms with Gasteiger partial charge in [0, 0.05) is 13.1 Å². The Labute approximate surface area is 266 Å². The van der Waals surface area contributed by atoms with Crippen molar-refractivity contribution in [3.8, 4) is 11.5 Å². The van der Waals surface area contributed by atoms with E-state index in [-0.39, 0.29) is 6.61 Å². The van der Waals surface area contributed by atoms with Crippen molar-refractivity contribution in [3.63, 3.8) is 0 Å². The van der Waals surface area contributed by atoms with Crippen molar-refractivity contribution in [3.05, 3.63) is 108 Å². The van der Waals surface area contributed by atoms with E-state index in [0.717, 1.165) is 28.5 Å². The molecule has 2 amide bonds. The van der Waals surface area contributed by atoms with Crippen molar-refractivity contribution in [1.82, 2.24) is 10.2 Å². The molecule has 2 aliphatic heterocycles. The van der Waals surface area contributed by atoms with Gasteiger partial charge in [0.2, 0.25) is 0 Å². The summed E-state index contributed by atoms with van der Waals surface area (Å²) in [5, 5.41) is 2.37. The predicted octanol–water partition coefficient (Wildman–Crippen LogP) is 3.79. The van der Waals surface area contributed by atoms with Gasteiger partial charge in [0.05, 0.1) is 20.8 Å². The second-order valence-electron chi connectivity index (χ2n) is 11.0. The summed E-state index contributed by atoms with van der Waals surface area (Å²) in [4.78, 5) is 38.0. The van der Waals surface area contributed by atoms with Crippen molar-refractivity contribution < 1.29 is 42.5 Å². The summed E-state index contributed by atoms with van der Waals surface area (Å²) in [5.41, 5.74) is 5.16. The number of amides is 2. The van der Waals surface area contributed by atoms with Gasteiger partial charge in [0.15, 0.2) is 29.9 Å². The number of esters is 1. The maximum absolute atomic E-state index is 16.1. The molecule has 3 aromatic rings. The molecule has 0 saturated carbocycles. The number of nitrogens with zero attached hydrogens (tertiary/aromatic N) is 1. The van der Waals surface area contributed by atoms with Gasteiger partial charge in [0.25, 0.3) is 0 Å². The molecule has 0 radical (unpaired) electrons. The second kappa shape index (κ2) is 13.3. The molecule has 0 spiro atoms. The van der Waals surface area contributed by atoms with Crippen molar-refractivity contribution in [2.45, 2.75) is 49.7 Å². The Hall–Kier alpha value is -4.78. The SMILES string of the molecule is COc1ccc(C(OC[C@H]2O[C@@H](N3C=CC(N)(C(C)=O)NC3=O)[C@H](F)[C@@H]2OC(C)=O)(c2ccccc2)c2ccc(OC)cc2)cc1. The van der Waals surface area contributed by atoms with Crippen molar-refractivity contribution in [2.75, 3.05) is 20.8 Å². The number of hydrogen-bond donors (Lipinski definition) is 2. The number of alkyl halides is 1. The molecule has 3 aromatic carbocycles. The number of carbonyl (C=O) groups is 3. The first kappa shape index (κ1) is 32.6. The van der Waals surface area contributed by atoms with E-state index in [4.69, 9.17) is 29.4 Å². The quantitative estimate of drug-likeness (QED) is 0.239. The topological polar surface area (TPSA) is 139 Å². The van der Waals surface area contributed by atoms with Crippen LogP contribution in [-0.4, -0.2) is 73.8 Å². The van der Waals surface area contributed by atoms with Gasteiger partial charge in [-0.25, -0.2) is 9.18 Å². The Bertz CT molecular complexity index is 1540. The first-order valence-electron chi connectivity index (χ1n) is 14.6. The molecule has 2 heterocycles. The Balaban J connectivity index is 1.55. The molecule has 242 valence electrons. The lowest BCUT2D eigenvalue weighted by Crippen LogP contribution is -2.65. The Morgan fingerprint density at radius 1 is 0.935 bits per heavy atom. The largest absolute Gasteiger partial charge is 0.497 e. The number of benzene rings is 3. The van der Waals surface area contributed by atoms with Gasteiger partial charge in [0.1, 0.15) is 23.2 Å².